The molecule has 2 aromatic carbocycles. The third-order valence-corrected chi connectivity index (χ3v) is 4.21. The zero-order valence-electron chi connectivity index (χ0n) is 14.8. The standard InChI is InChI=1S/C20H23N3O3/c1-15-3-2-4-18(13-15)22-20(25)21-17-7-5-16(6-8-17)14-19(24)23-9-11-26-12-10-23/h2-8,13H,9-12,14H2,1H3,(H2,21,22,25). The molecule has 0 aromatic heterocycles. The number of hydrogen-bond acceptors (Lipinski definition) is 3. The van der Waals surface area contributed by atoms with Gasteiger partial charge in [0.1, 0.15) is 0 Å². The Labute approximate surface area is 153 Å². The number of morpholine rings is 1. The van der Waals surface area contributed by atoms with Crippen LogP contribution in [0.2, 0.25) is 0 Å². The second-order valence-electron chi connectivity index (χ2n) is 6.32. The minimum atomic E-state index is -0.298. The monoisotopic (exact) mass is 353 g/mol. The molecule has 2 N–H and O–H groups in total. The van der Waals surface area contributed by atoms with E-state index < -0.39 is 0 Å². The number of hydrogen-bond donors (Lipinski definition) is 2. The molecule has 0 aliphatic carbocycles. The number of aryl methyl sites for hydroxylation is 1. The Morgan fingerprint density at radius 3 is 2.38 bits per heavy atom. The fraction of sp³-hybridized carbons (Fsp3) is 0.300. The molecule has 3 rings (SSSR count). The Balaban J connectivity index is 1.52. The highest BCUT2D eigenvalue weighted by atomic mass is 16.5. The van der Waals surface area contributed by atoms with Gasteiger partial charge in [-0.05, 0) is 42.3 Å². The van der Waals surface area contributed by atoms with Crippen molar-refractivity contribution in [3.05, 3.63) is 59.7 Å². The number of urea groups is 1. The zero-order valence-corrected chi connectivity index (χ0v) is 14.8. The summed E-state index contributed by atoms with van der Waals surface area (Å²) in [5.41, 5.74) is 3.43. The molecule has 1 aliphatic heterocycles. The quantitative estimate of drug-likeness (QED) is 0.887. The summed E-state index contributed by atoms with van der Waals surface area (Å²) < 4.78 is 5.26. The zero-order chi connectivity index (χ0) is 18.4. The van der Waals surface area contributed by atoms with Crippen LogP contribution in [0.1, 0.15) is 11.1 Å². The molecule has 0 unspecified atom stereocenters. The average molecular weight is 353 g/mol. The van der Waals surface area contributed by atoms with E-state index in [1.54, 1.807) is 12.1 Å². The number of carbonyl (C=O) groups excluding carboxylic acids is 2. The third kappa shape index (κ3) is 5.07. The highest BCUT2D eigenvalue weighted by molar-refractivity contribution is 5.99. The van der Waals surface area contributed by atoms with Gasteiger partial charge >= 0.3 is 6.03 Å². The minimum Gasteiger partial charge on any atom is -0.378 e. The Morgan fingerprint density at radius 1 is 1.00 bits per heavy atom. The first-order valence-electron chi connectivity index (χ1n) is 8.69. The molecular formula is C20H23N3O3. The molecule has 0 saturated carbocycles. The van der Waals surface area contributed by atoms with Gasteiger partial charge in [-0.2, -0.15) is 0 Å². The van der Waals surface area contributed by atoms with Gasteiger partial charge in [0.05, 0.1) is 19.6 Å². The number of benzene rings is 2. The van der Waals surface area contributed by atoms with Gasteiger partial charge in [0, 0.05) is 24.5 Å². The van der Waals surface area contributed by atoms with Crippen molar-refractivity contribution in [2.75, 3.05) is 36.9 Å². The first-order valence-corrected chi connectivity index (χ1v) is 8.69. The molecule has 1 aliphatic rings. The number of ether oxygens (including phenoxy) is 1. The van der Waals surface area contributed by atoms with Crippen molar-refractivity contribution in [3.8, 4) is 0 Å². The summed E-state index contributed by atoms with van der Waals surface area (Å²) in [6.07, 6.45) is 0.357. The van der Waals surface area contributed by atoms with Gasteiger partial charge in [-0.25, -0.2) is 4.79 Å². The van der Waals surface area contributed by atoms with E-state index in [1.165, 1.54) is 0 Å². The molecule has 3 amide bonds. The number of rotatable bonds is 4. The van der Waals surface area contributed by atoms with Crippen LogP contribution in [0.15, 0.2) is 48.5 Å². The van der Waals surface area contributed by atoms with E-state index in [-0.39, 0.29) is 11.9 Å². The van der Waals surface area contributed by atoms with E-state index in [2.05, 4.69) is 10.6 Å². The fourth-order valence-corrected chi connectivity index (χ4v) is 2.82. The molecule has 1 heterocycles. The summed E-state index contributed by atoms with van der Waals surface area (Å²) in [5.74, 6) is 0.103. The Hall–Kier alpha value is -2.86. The van der Waals surface area contributed by atoms with Crippen molar-refractivity contribution in [2.45, 2.75) is 13.3 Å². The molecule has 2 aromatic rings. The molecule has 0 spiro atoms. The van der Waals surface area contributed by atoms with Crippen molar-refractivity contribution >= 4 is 23.3 Å². The van der Waals surface area contributed by atoms with Crippen LogP contribution in [0.5, 0.6) is 0 Å². The lowest BCUT2D eigenvalue weighted by Crippen LogP contribution is -2.41. The van der Waals surface area contributed by atoms with Crippen LogP contribution in [-0.4, -0.2) is 43.1 Å². The first-order chi connectivity index (χ1) is 12.6. The number of carbonyl (C=O) groups is 2. The lowest BCUT2D eigenvalue weighted by molar-refractivity contribution is -0.134. The molecule has 1 saturated heterocycles. The Bertz CT molecular complexity index is 768. The largest absolute Gasteiger partial charge is 0.378 e. The predicted octanol–water partition coefficient (Wildman–Crippen LogP) is 3.04. The summed E-state index contributed by atoms with van der Waals surface area (Å²) in [6.45, 7) is 4.48. The van der Waals surface area contributed by atoms with Crippen LogP contribution in [0.3, 0.4) is 0 Å². The average Bonchev–Trinajstić information content (AvgIpc) is 2.64. The third-order valence-electron chi connectivity index (χ3n) is 4.21. The van der Waals surface area contributed by atoms with Crippen LogP contribution >= 0.6 is 0 Å². The maximum absolute atomic E-state index is 12.3. The smallest absolute Gasteiger partial charge is 0.323 e. The van der Waals surface area contributed by atoms with E-state index in [4.69, 9.17) is 4.74 Å². The predicted molar refractivity (Wildman–Crippen MR) is 101 cm³/mol. The number of amides is 3. The molecule has 0 atom stereocenters. The van der Waals surface area contributed by atoms with Crippen molar-refractivity contribution in [3.63, 3.8) is 0 Å². The van der Waals surface area contributed by atoms with Crippen molar-refractivity contribution in [2.24, 2.45) is 0 Å². The SMILES string of the molecule is Cc1cccc(NC(=O)Nc2ccc(CC(=O)N3CCOCC3)cc2)c1. The summed E-state index contributed by atoms with van der Waals surface area (Å²) >= 11 is 0. The number of nitrogens with zero attached hydrogens (tertiary/aromatic N) is 1. The second-order valence-corrected chi connectivity index (χ2v) is 6.32. The molecule has 0 bridgehead atoms. The van der Waals surface area contributed by atoms with Gasteiger partial charge in [0.15, 0.2) is 0 Å². The van der Waals surface area contributed by atoms with Crippen LogP contribution in [0, 0.1) is 6.92 Å². The summed E-state index contributed by atoms with van der Waals surface area (Å²) in [4.78, 5) is 26.1. The van der Waals surface area contributed by atoms with Gasteiger partial charge in [0.2, 0.25) is 5.91 Å². The lowest BCUT2D eigenvalue weighted by atomic mass is 10.1. The number of nitrogens with one attached hydrogen (secondary N) is 2. The van der Waals surface area contributed by atoms with Crippen LogP contribution < -0.4 is 10.6 Å². The van der Waals surface area contributed by atoms with Crippen LogP contribution in [0.25, 0.3) is 0 Å². The van der Waals surface area contributed by atoms with E-state index in [9.17, 15) is 9.59 Å². The highest BCUT2D eigenvalue weighted by Crippen LogP contribution is 2.13. The van der Waals surface area contributed by atoms with E-state index in [0.717, 1.165) is 16.8 Å². The van der Waals surface area contributed by atoms with Gasteiger partial charge < -0.3 is 20.3 Å². The Morgan fingerprint density at radius 2 is 1.69 bits per heavy atom. The van der Waals surface area contributed by atoms with Gasteiger partial charge in [-0.3, -0.25) is 4.79 Å². The lowest BCUT2D eigenvalue weighted by Gasteiger charge is -2.26. The van der Waals surface area contributed by atoms with E-state index in [1.807, 2.05) is 48.2 Å². The maximum atomic E-state index is 12.3. The van der Waals surface area contributed by atoms with E-state index in [0.29, 0.717) is 38.4 Å². The summed E-state index contributed by atoms with van der Waals surface area (Å²) in [7, 11) is 0. The molecule has 0 radical (unpaired) electrons. The topological polar surface area (TPSA) is 70.7 Å². The van der Waals surface area contributed by atoms with Crippen LogP contribution in [-0.2, 0) is 16.0 Å². The molecule has 26 heavy (non-hydrogen) atoms. The van der Waals surface area contributed by atoms with Gasteiger partial charge in [0.25, 0.3) is 0 Å². The van der Waals surface area contributed by atoms with Crippen molar-refractivity contribution in [1.29, 1.82) is 0 Å². The molecule has 1 fully saturated rings. The molecule has 136 valence electrons. The van der Waals surface area contributed by atoms with E-state index >= 15 is 0 Å². The second kappa shape index (κ2) is 8.49. The Kier molecular flexibility index (Phi) is 5.86. The van der Waals surface area contributed by atoms with Gasteiger partial charge in [-0.15, -0.1) is 0 Å². The highest BCUT2D eigenvalue weighted by Gasteiger charge is 2.16. The van der Waals surface area contributed by atoms with Crippen molar-refractivity contribution < 1.29 is 14.3 Å². The maximum Gasteiger partial charge on any atom is 0.323 e. The summed E-state index contributed by atoms with van der Waals surface area (Å²) in [6, 6.07) is 14.6. The van der Waals surface area contributed by atoms with Crippen LogP contribution in [0.4, 0.5) is 16.2 Å². The molecule has 6 nitrogen and oxygen atoms in total. The minimum absolute atomic E-state index is 0.103. The summed E-state index contributed by atoms with van der Waals surface area (Å²) in [5, 5.41) is 5.59. The molecule has 6 heteroatoms. The molecular weight excluding hydrogens is 330 g/mol. The number of anilines is 2. The van der Waals surface area contributed by atoms with Gasteiger partial charge in [-0.1, -0.05) is 24.3 Å². The van der Waals surface area contributed by atoms with Crippen molar-refractivity contribution in [1.82, 2.24) is 4.90 Å². The fourth-order valence-electron chi connectivity index (χ4n) is 2.82. The normalized spacial score (nSPS) is 14.0. The first kappa shape index (κ1) is 17.9.